The Morgan fingerprint density at radius 3 is 3.08 bits per heavy atom. The molecule has 0 aliphatic heterocycles. The molecule has 2 N–H and O–H groups in total. The lowest BCUT2D eigenvalue weighted by molar-refractivity contribution is 0.0848. The quantitative estimate of drug-likeness (QED) is 0.744. The molecule has 0 aliphatic rings. The lowest BCUT2D eigenvalue weighted by Gasteiger charge is -2.02. The van der Waals surface area contributed by atoms with E-state index in [-0.39, 0.29) is 18.2 Å². The van der Waals surface area contributed by atoms with E-state index in [0.717, 1.165) is 0 Å². The first-order valence-electron chi connectivity index (χ1n) is 3.58. The van der Waals surface area contributed by atoms with Crippen molar-refractivity contribution in [1.29, 1.82) is 0 Å². The highest BCUT2D eigenvalue weighted by Gasteiger charge is 2.10. The Balaban J connectivity index is 2.99. The molecule has 0 bridgehead atoms. The van der Waals surface area contributed by atoms with Crippen LogP contribution in [0.4, 0.5) is 5.82 Å². The van der Waals surface area contributed by atoms with E-state index >= 15 is 0 Å². The molecular weight excluding hydrogens is 192 g/mol. The number of ketones is 1. The normalized spacial score (nSPS) is 10.0. The fraction of sp³-hybridized carbons (Fsp3) is 0.250. The van der Waals surface area contributed by atoms with Crippen LogP contribution in [0.25, 0.3) is 0 Å². The molecule has 1 aromatic heterocycles. The van der Waals surface area contributed by atoms with Crippen LogP contribution < -0.4 is 5.73 Å². The summed E-state index contributed by atoms with van der Waals surface area (Å²) in [5, 5.41) is 0.383. The third kappa shape index (κ3) is 2.40. The molecule has 0 amide bonds. The number of methoxy groups -OCH3 is 1. The monoisotopic (exact) mass is 200 g/mol. The molecule has 5 heteroatoms. The molecule has 1 heterocycles. The van der Waals surface area contributed by atoms with E-state index in [1.165, 1.54) is 19.4 Å². The summed E-state index contributed by atoms with van der Waals surface area (Å²) < 4.78 is 4.68. The number of rotatable bonds is 3. The van der Waals surface area contributed by atoms with Gasteiger partial charge in [0.05, 0.1) is 10.6 Å². The molecule has 1 aromatic rings. The molecule has 4 nitrogen and oxygen atoms in total. The Morgan fingerprint density at radius 2 is 2.46 bits per heavy atom. The van der Waals surface area contributed by atoms with Gasteiger partial charge in [-0.15, -0.1) is 0 Å². The maximum absolute atomic E-state index is 11.3. The fourth-order valence-corrected chi connectivity index (χ4v) is 1.04. The number of nitrogens with two attached hydrogens (primary N) is 1. The van der Waals surface area contributed by atoms with Gasteiger partial charge in [0.15, 0.2) is 5.78 Å². The Labute approximate surface area is 80.7 Å². The van der Waals surface area contributed by atoms with Crippen LogP contribution in [0, 0.1) is 0 Å². The first kappa shape index (κ1) is 9.95. The number of anilines is 1. The van der Waals surface area contributed by atoms with Gasteiger partial charge in [-0.3, -0.25) is 4.79 Å². The van der Waals surface area contributed by atoms with Gasteiger partial charge in [0.1, 0.15) is 12.4 Å². The van der Waals surface area contributed by atoms with Crippen molar-refractivity contribution < 1.29 is 9.53 Å². The summed E-state index contributed by atoms with van der Waals surface area (Å²) in [5.41, 5.74) is 5.77. The molecule has 13 heavy (non-hydrogen) atoms. The average Bonchev–Trinajstić information content (AvgIpc) is 2.09. The molecule has 0 aromatic carbocycles. The predicted molar refractivity (Wildman–Crippen MR) is 49.9 cm³/mol. The first-order chi connectivity index (χ1) is 6.15. The van der Waals surface area contributed by atoms with Gasteiger partial charge in [0.25, 0.3) is 0 Å². The van der Waals surface area contributed by atoms with Crippen LogP contribution in [0.1, 0.15) is 10.4 Å². The highest BCUT2D eigenvalue weighted by molar-refractivity contribution is 6.31. The SMILES string of the molecule is COCC(=O)c1cc(Cl)cnc1N. The van der Waals surface area contributed by atoms with Gasteiger partial charge < -0.3 is 10.5 Å². The number of aromatic nitrogens is 1. The van der Waals surface area contributed by atoms with E-state index in [9.17, 15) is 4.79 Å². The summed E-state index contributed by atoms with van der Waals surface area (Å²) in [5.74, 6) is -0.0542. The number of Topliss-reactive ketones (excluding diaryl/α,β-unsaturated/α-hetero) is 1. The zero-order valence-corrected chi connectivity index (χ0v) is 7.84. The molecule has 0 aliphatic carbocycles. The van der Waals surface area contributed by atoms with Crippen LogP contribution in [0.15, 0.2) is 12.3 Å². The van der Waals surface area contributed by atoms with Gasteiger partial charge in [0, 0.05) is 13.3 Å². The van der Waals surface area contributed by atoms with Gasteiger partial charge >= 0.3 is 0 Å². The largest absolute Gasteiger partial charge is 0.383 e. The Kier molecular flexibility index (Phi) is 3.22. The third-order valence-electron chi connectivity index (χ3n) is 1.46. The number of hydrogen-bond donors (Lipinski definition) is 1. The van der Waals surface area contributed by atoms with Gasteiger partial charge in [-0.1, -0.05) is 11.6 Å². The second kappa shape index (κ2) is 4.20. The fourth-order valence-electron chi connectivity index (χ4n) is 0.882. The van der Waals surface area contributed by atoms with Crippen molar-refractivity contribution in [3.63, 3.8) is 0 Å². The topological polar surface area (TPSA) is 65.2 Å². The van der Waals surface area contributed by atoms with Crippen LogP contribution >= 0.6 is 11.6 Å². The minimum absolute atomic E-state index is 0.0216. The van der Waals surface area contributed by atoms with Gasteiger partial charge in [-0.2, -0.15) is 0 Å². The maximum Gasteiger partial charge on any atom is 0.192 e. The number of carbonyl (C=O) groups excluding carboxylic acids is 1. The van der Waals surface area contributed by atoms with Crippen molar-refractivity contribution in [2.45, 2.75) is 0 Å². The molecule has 0 saturated carbocycles. The van der Waals surface area contributed by atoms with Crippen molar-refractivity contribution in [1.82, 2.24) is 4.98 Å². The van der Waals surface area contributed by atoms with E-state index in [1.54, 1.807) is 0 Å². The van der Waals surface area contributed by atoms with E-state index in [4.69, 9.17) is 17.3 Å². The van der Waals surface area contributed by atoms with Crippen LogP contribution in [0.2, 0.25) is 5.02 Å². The number of ether oxygens (including phenoxy) is 1. The minimum atomic E-state index is -0.227. The number of nitrogens with zero attached hydrogens (tertiary/aromatic N) is 1. The highest BCUT2D eigenvalue weighted by Crippen LogP contribution is 2.15. The molecule has 0 unspecified atom stereocenters. The zero-order valence-electron chi connectivity index (χ0n) is 7.08. The second-order valence-corrected chi connectivity index (χ2v) is 2.88. The average molecular weight is 201 g/mol. The number of nitrogen functional groups attached to an aromatic ring is 1. The van der Waals surface area contributed by atoms with Gasteiger partial charge in [0.2, 0.25) is 0 Å². The van der Waals surface area contributed by atoms with E-state index in [0.29, 0.717) is 10.6 Å². The molecule has 70 valence electrons. The molecule has 0 saturated heterocycles. The maximum atomic E-state index is 11.3. The second-order valence-electron chi connectivity index (χ2n) is 2.44. The minimum Gasteiger partial charge on any atom is -0.383 e. The summed E-state index contributed by atoms with van der Waals surface area (Å²) >= 11 is 5.65. The molecule has 0 fully saturated rings. The summed E-state index contributed by atoms with van der Waals surface area (Å²) in [7, 11) is 1.44. The number of pyridine rings is 1. The first-order valence-corrected chi connectivity index (χ1v) is 3.96. The zero-order chi connectivity index (χ0) is 9.84. The smallest absolute Gasteiger partial charge is 0.192 e. The van der Waals surface area contributed by atoms with Crippen molar-refractivity contribution in [2.24, 2.45) is 0 Å². The van der Waals surface area contributed by atoms with Crippen molar-refractivity contribution in [3.05, 3.63) is 22.8 Å². The van der Waals surface area contributed by atoms with E-state index < -0.39 is 0 Å². The lowest BCUT2D eigenvalue weighted by Crippen LogP contribution is -2.10. The Morgan fingerprint density at radius 1 is 1.77 bits per heavy atom. The van der Waals surface area contributed by atoms with Gasteiger partial charge in [-0.25, -0.2) is 4.98 Å². The molecular formula is C8H9ClN2O2. The van der Waals surface area contributed by atoms with Crippen LogP contribution in [-0.2, 0) is 4.74 Å². The lowest BCUT2D eigenvalue weighted by atomic mass is 10.2. The van der Waals surface area contributed by atoms with Crippen molar-refractivity contribution >= 4 is 23.2 Å². The number of carbonyl (C=O) groups is 1. The van der Waals surface area contributed by atoms with E-state index in [2.05, 4.69) is 9.72 Å². The van der Waals surface area contributed by atoms with E-state index in [1.807, 2.05) is 0 Å². The van der Waals surface area contributed by atoms with Crippen LogP contribution in [0.5, 0.6) is 0 Å². The van der Waals surface area contributed by atoms with Crippen molar-refractivity contribution in [3.8, 4) is 0 Å². The summed E-state index contributed by atoms with van der Waals surface area (Å²) in [6.07, 6.45) is 1.39. The molecule has 0 spiro atoms. The summed E-state index contributed by atoms with van der Waals surface area (Å²) in [6, 6.07) is 1.48. The summed E-state index contributed by atoms with van der Waals surface area (Å²) in [4.78, 5) is 15.1. The standard InChI is InChI=1S/C8H9ClN2O2/c1-13-4-7(12)6-2-5(9)3-11-8(6)10/h2-3H,4H2,1H3,(H2,10,11). The number of hydrogen-bond acceptors (Lipinski definition) is 4. The van der Waals surface area contributed by atoms with Crippen molar-refractivity contribution in [2.75, 3.05) is 19.5 Å². The molecule has 0 atom stereocenters. The Hall–Kier alpha value is -1.13. The van der Waals surface area contributed by atoms with Gasteiger partial charge in [-0.05, 0) is 6.07 Å². The Bertz CT molecular complexity index is 328. The number of halogens is 1. The highest BCUT2D eigenvalue weighted by atomic mass is 35.5. The molecule has 1 rings (SSSR count). The van der Waals surface area contributed by atoms with Crippen LogP contribution in [0.3, 0.4) is 0 Å². The molecule has 0 radical (unpaired) electrons. The third-order valence-corrected chi connectivity index (χ3v) is 1.67. The van der Waals surface area contributed by atoms with Crippen LogP contribution in [-0.4, -0.2) is 24.5 Å². The predicted octanol–water partition coefficient (Wildman–Crippen LogP) is 1.15. The summed E-state index contributed by atoms with van der Waals surface area (Å²) in [6.45, 7) is -0.0216.